The molecule has 0 atom stereocenters. The van der Waals surface area contributed by atoms with Crippen LogP contribution in [0.2, 0.25) is 0 Å². The standard InChI is InChI=1S/C28H24OS/c1-6-16(2)18(4)15-19(5)25-17(3)11-12-21-22-13-14-23-20-9-7-8-10-24(20)30-28(23)27(22)29-26(21)25/h6-15H,5H2,1-4H3/b16-6-,18-15-. The smallest absolute Gasteiger partial charge is 0.153 e. The van der Waals surface area contributed by atoms with E-state index in [2.05, 4.69) is 95.0 Å². The highest BCUT2D eigenvalue weighted by Gasteiger charge is 2.18. The van der Waals surface area contributed by atoms with Crippen LogP contribution in [0.15, 0.2) is 82.8 Å². The minimum atomic E-state index is 0.933. The van der Waals surface area contributed by atoms with Gasteiger partial charge < -0.3 is 4.42 Å². The van der Waals surface area contributed by atoms with Gasteiger partial charge in [-0.1, -0.05) is 60.7 Å². The Kier molecular flexibility index (Phi) is 4.41. The Morgan fingerprint density at radius 3 is 2.37 bits per heavy atom. The average molecular weight is 409 g/mol. The molecule has 2 heterocycles. The fourth-order valence-corrected chi connectivity index (χ4v) is 5.44. The van der Waals surface area contributed by atoms with Crippen LogP contribution in [0.25, 0.3) is 47.7 Å². The molecule has 0 radical (unpaired) electrons. The predicted molar refractivity (Wildman–Crippen MR) is 134 cm³/mol. The molecule has 2 aromatic heterocycles. The largest absolute Gasteiger partial charge is 0.454 e. The fourth-order valence-electron chi connectivity index (χ4n) is 4.25. The van der Waals surface area contributed by atoms with Crippen LogP contribution in [0, 0.1) is 6.92 Å². The molecule has 0 aliphatic carbocycles. The van der Waals surface area contributed by atoms with Gasteiger partial charge in [0.2, 0.25) is 0 Å². The van der Waals surface area contributed by atoms with Gasteiger partial charge in [-0.3, -0.25) is 0 Å². The summed E-state index contributed by atoms with van der Waals surface area (Å²) < 4.78 is 9.11. The Labute approximate surface area is 180 Å². The van der Waals surface area contributed by atoms with Crippen LogP contribution < -0.4 is 0 Å². The number of rotatable bonds is 3. The summed E-state index contributed by atoms with van der Waals surface area (Å²) in [4.78, 5) is 0. The summed E-state index contributed by atoms with van der Waals surface area (Å²) >= 11 is 1.81. The van der Waals surface area contributed by atoms with E-state index >= 15 is 0 Å². The van der Waals surface area contributed by atoms with E-state index in [1.165, 1.54) is 42.3 Å². The molecule has 5 rings (SSSR count). The fraction of sp³-hybridized carbons (Fsp3) is 0.143. The van der Waals surface area contributed by atoms with Crippen molar-refractivity contribution in [1.82, 2.24) is 0 Å². The summed E-state index contributed by atoms with van der Waals surface area (Å²) in [5.74, 6) is 0. The van der Waals surface area contributed by atoms with Crippen molar-refractivity contribution in [2.75, 3.05) is 0 Å². The van der Waals surface area contributed by atoms with Crippen LogP contribution in [-0.4, -0.2) is 0 Å². The molecule has 0 bridgehead atoms. The van der Waals surface area contributed by atoms with Crippen LogP contribution in [0.4, 0.5) is 0 Å². The highest BCUT2D eigenvalue weighted by Crippen LogP contribution is 2.43. The second-order valence-corrected chi connectivity index (χ2v) is 9.03. The molecule has 148 valence electrons. The van der Waals surface area contributed by atoms with E-state index in [0.29, 0.717) is 0 Å². The zero-order valence-corrected chi connectivity index (χ0v) is 18.6. The van der Waals surface area contributed by atoms with Crippen molar-refractivity contribution in [3.8, 4) is 0 Å². The van der Waals surface area contributed by atoms with Gasteiger partial charge in [-0.05, 0) is 56.5 Å². The van der Waals surface area contributed by atoms with Gasteiger partial charge in [0, 0.05) is 31.8 Å². The molecule has 0 saturated carbocycles. The highest BCUT2D eigenvalue weighted by molar-refractivity contribution is 7.26. The third-order valence-electron chi connectivity index (χ3n) is 6.13. The molecule has 1 nitrogen and oxygen atoms in total. The van der Waals surface area contributed by atoms with Gasteiger partial charge in [-0.25, -0.2) is 0 Å². The first-order valence-electron chi connectivity index (χ1n) is 10.3. The van der Waals surface area contributed by atoms with E-state index in [9.17, 15) is 0 Å². The molecule has 0 N–H and O–H groups in total. The summed E-state index contributed by atoms with van der Waals surface area (Å²) in [7, 11) is 0. The lowest BCUT2D eigenvalue weighted by Gasteiger charge is -2.09. The quantitative estimate of drug-likeness (QED) is 0.271. The van der Waals surface area contributed by atoms with Crippen molar-refractivity contribution >= 4 is 59.0 Å². The van der Waals surface area contributed by atoms with Crippen molar-refractivity contribution in [2.24, 2.45) is 0 Å². The Balaban J connectivity index is 1.82. The van der Waals surface area contributed by atoms with E-state index in [0.717, 1.165) is 27.7 Å². The molecule has 5 aromatic rings. The monoisotopic (exact) mass is 408 g/mol. The van der Waals surface area contributed by atoms with Gasteiger partial charge in [0.25, 0.3) is 0 Å². The lowest BCUT2D eigenvalue weighted by Crippen LogP contribution is -1.88. The summed E-state index contributed by atoms with van der Waals surface area (Å²) in [6.45, 7) is 12.9. The maximum absolute atomic E-state index is 6.60. The molecule has 0 amide bonds. The average Bonchev–Trinajstić information content (AvgIpc) is 3.30. The minimum Gasteiger partial charge on any atom is -0.454 e. The second-order valence-electron chi connectivity index (χ2n) is 7.98. The van der Waals surface area contributed by atoms with Crippen LogP contribution in [-0.2, 0) is 0 Å². The van der Waals surface area contributed by atoms with E-state index in [-0.39, 0.29) is 0 Å². The number of allylic oxidation sites excluding steroid dienone is 5. The maximum Gasteiger partial charge on any atom is 0.153 e. The Morgan fingerprint density at radius 2 is 1.57 bits per heavy atom. The molecular weight excluding hydrogens is 384 g/mol. The molecule has 2 heteroatoms. The highest BCUT2D eigenvalue weighted by atomic mass is 32.1. The van der Waals surface area contributed by atoms with Crippen LogP contribution >= 0.6 is 11.3 Å². The van der Waals surface area contributed by atoms with Crippen molar-refractivity contribution in [2.45, 2.75) is 27.7 Å². The number of furan rings is 1. The number of hydrogen-bond donors (Lipinski definition) is 0. The normalized spacial score (nSPS) is 13.2. The minimum absolute atomic E-state index is 0.933. The number of fused-ring (bicyclic) bond motifs is 7. The summed E-state index contributed by atoms with van der Waals surface area (Å²) in [5.41, 5.74) is 7.67. The first kappa shape index (κ1) is 18.9. The molecule has 0 saturated heterocycles. The van der Waals surface area contributed by atoms with Gasteiger partial charge in [-0.15, -0.1) is 11.3 Å². The van der Waals surface area contributed by atoms with Crippen molar-refractivity contribution < 1.29 is 4.42 Å². The summed E-state index contributed by atoms with van der Waals surface area (Å²) in [5, 5.41) is 4.88. The third kappa shape index (κ3) is 2.75. The van der Waals surface area contributed by atoms with Crippen LogP contribution in [0.5, 0.6) is 0 Å². The van der Waals surface area contributed by atoms with E-state index in [4.69, 9.17) is 4.42 Å². The molecule has 3 aromatic carbocycles. The van der Waals surface area contributed by atoms with Gasteiger partial charge in [0.15, 0.2) is 5.58 Å². The second kappa shape index (κ2) is 7.00. The van der Waals surface area contributed by atoms with Crippen LogP contribution in [0.3, 0.4) is 0 Å². The van der Waals surface area contributed by atoms with E-state index in [1.807, 2.05) is 0 Å². The third-order valence-corrected chi connectivity index (χ3v) is 7.31. The van der Waals surface area contributed by atoms with Gasteiger partial charge in [-0.2, -0.15) is 0 Å². The summed E-state index contributed by atoms with van der Waals surface area (Å²) in [6, 6.07) is 17.4. The van der Waals surface area contributed by atoms with Crippen molar-refractivity contribution in [1.29, 1.82) is 0 Å². The number of benzene rings is 3. The molecule has 0 spiro atoms. The van der Waals surface area contributed by atoms with Crippen molar-refractivity contribution in [3.05, 3.63) is 89.5 Å². The molecule has 0 aliphatic heterocycles. The Morgan fingerprint density at radius 1 is 0.867 bits per heavy atom. The molecule has 0 unspecified atom stereocenters. The Bertz CT molecular complexity index is 1540. The topological polar surface area (TPSA) is 13.1 Å². The molecule has 0 aliphatic rings. The molecule has 0 fully saturated rings. The number of hydrogen-bond acceptors (Lipinski definition) is 2. The zero-order chi connectivity index (χ0) is 21.0. The first-order valence-corrected chi connectivity index (χ1v) is 11.1. The maximum atomic E-state index is 6.60. The number of thiophene rings is 1. The first-order chi connectivity index (χ1) is 14.5. The van der Waals surface area contributed by atoms with Crippen molar-refractivity contribution in [3.63, 3.8) is 0 Å². The van der Waals surface area contributed by atoms with E-state index < -0.39 is 0 Å². The van der Waals surface area contributed by atoms with Gasteiger partial charge in [0.1, 0.15) is 5.58 Å². The predicted octanol–water partition coefficient (Wildman–Crippen LogP) is 9.19. The van der Waals surface area contributed by atoms with Gasteiger partial charge in [0.05, 0.1) is 4.70 Å². The lowest BCUT2D eigenvalue weighted by molar-refractivity contribution is 0.671. The SMILES string of the molecule is C=C(/C=C(C)\C(C)=C/C)c1c(C)ccc2c1oc1c2ccc2c3ccccc3sc21. The number of aryl methyl sites for hydroxylation is 1. The summed E-state index contributed by atoms with van der Waals surface area (Å²) in [6.07, 6.45) is 4.30. The molecule has 30 heavy (non-hydrogen) atoms. The van der Waals surface area contributed by atoms with Gasteiger partial charge >= 0.3 is 0 Å². The zero-order valence-electron chi connectivity index (χ0n) is 17.8. The van der Waals surface area contributed by atoms with Crippen LogP contribution in [0.1, 0.15) is 31.9 Å². The lowest BCUT2D eigenvalue weighted by atomic mass is 9.96. The Hall–Kier alpha value is -3.10. The van der Waals surface area contributed by atoms with E-state index in [1.54, 1.807) is 11.3 Å². The molecular formula is C28H24OS.